The van der Waals surface area contributed by atoms with Crippen molar-refractivity contribution in [2.75, 3.05) is 27.4 Å². The van der Waals surface area contributed by atoms with Crippen LogP contribution >= 0.6 is 0 Å². The van der Waals surface area contributed by atoms with Gasteiger partial charge in [0.25, 0.3) is 0 Å². The third-order valence-corrected chi connectivity index (χ3v) is 4.95. The van der Waals surface area contributed by atoms with Crippen LogP contribution in [0.4, 0.5) is 0 Å². The first-order valence-electron chi connectivity index (χ1n) is 9.08. The molecule has 3 nitrogen and oxygen atoms in total. The second-order valence-electron chi connectivity index (χ2n) is 6.69. The fraction of sp³-hybridized carbons (Fsp3) is 0.700. The molecule has 0 spiro atoms. The Kier molecular flexibility index (Phi) is 8.30. The van der Waals surface area contributed by atoms with E-state index in [1.54, 1.807) is 14.2 Å². The van der Waals surface area contributed by atoms with E-state index in [4.69, 9.17) is 14.2 Å². The molecular formula is C20H32O3. The fourth-order valence-electron chi connectivity index (χ4n) is 3.54. The monoisotopic (exact) mass is 320 g/mol. The molecule has 0 radical (unpaired) electrons. The molecule has 2 aliphatic carbocycles. The number of benzene rings is 1. The minimum absolute atomic E-state index is 0.769. The molecule has 2 aliphatic rings. The highest BCUT2D eigenvalue weighted by Gasteiger charge is 2.18. The highest BCUT2D eigenvalue weighted by Crippen LogP contribution is 2.27. The van der Waals surface area contributed by atoms with Gasteiger partial charge in [-0.05, 0) is 49.7 Å². The summed E-state index contributed by atoms with van der Waals surface area (Å²) >= 11 is 0. The maximum Gasteiger partial charge on any atom is 0.160 e. The molecule has 0 N–H and O–H groups in total. The van der Waals surface area contributed by atoms with Crippen LogP contribution in [0.15, 0.2) is 24.3 Å². The fourth-order valence-corrected chi connectivity index (χ4v) is 3.54. The number of rotatable bonds is 6. The molecule has 0 atom stereocenters. The summed E-state index contributed by atoms with van der Waals surface area (Å²) < 4.78 is 15.8. The zero-order chi connectivity index (χ0) is 16.3. The summed E-state index contributed by atoms with van der Waals surface area (Å²) in [5.74, 6) is 3.35. The Hall–Kier alpha value is -1.22. The average Bonchev–Trinajstić information content (AvgIpc) is 3.29. The quantitative estimate of drug-likeness (QED) is 0.731. The van der Waals surface area contributed by atoms with Crippen molar-refractivity contribution < 1.29 is 14.2 Å². The molecule has 23 heavy (non-hydrogen) atoms. The molecule has 3 rings (SSSR count). The maximum atomic E-state index is 5.80. The van der Waals surface area contributed by atoms with Gasteiger partial charge in [0.2, 0.25) is 0 Å². The van der Waals surface area contributed by atoms with Gasteiger partial charge < -0.3 is 14.2 Å². The van der Waals surface area contributed by atoms with E-state index in [9.17, 15) is 0 Å². The van der Waals surface area contributed by atoms with Gasteiger partial charge in [-0.1, -0.05) is 37.8 Å². The van der Waals surface area contributed by atoms with Crippen molar-refractivity contribution in [3.63, 3.8) is 0 Å². The molecule has 0 aromatic heterocycles. The first-order valence-corrected chi connectivity index (χ1v) is 9.08. The van der Waals surface area contributed by atoms with E-state index in [2.05, 4.69) is 0 Å². The van der Waals surface area contributed by atoms with Crippen LogP contribution in [0.1, 0.15) is 51.4 Å². The number of hydrogen-bond acceptors (Lipinski definition) is 3. The molecule has 2 saturated carbocycles. The summed E-state index contributed by atoms with van der Waals surface area (Å²) in [5, 5.41) is 0. The SMILES string of the molecule is C1CCC(COCC2CCCC2)C1.COc1ccccc1OC. The Morgan fingerprint density at radius 1 is 0.739 bits per heavy atom. The summed E-state index contributed by atoms with van der Waals surface area (Å²) in [6, 6.07) is 7.53. The second-order valence-corrected chi connectivity index (χ2v) is 6.69. The lowest BCUT2D eigenvalue weighted by molar-refractivity contribution is 0.0743. The smallest absolute Gasteiger partial charge is 0.160 e. The van der Waals surface area contributed by atoms with E-state index >= 15 is 0 Å². The van der Waals surface area contributed by atoms with Gasteiger partial charge in [0.05, 0.1) is 14.2 Å². The van der Waals surface area contributed by atoms with Crippen LogP contribution in [0.25, 0.3) is 0 Å². The molecule has 3 heteroatoms. The predicted octanol–water partition coefficient (Wildman–Crippen LogP) is 5.09. The van der Waals surface area contributed by atoms with Crippen LogP contribution < -0.4 is 9.47 Å². The summed E-state index contributed by atoms with van der Waals surface area (Å²) in [6.45, 7) is 2.10. The Morgan fingerprint density at radius 3 is 1.48 bits per heavy atom. The topological polar surface area (TPSA) is 27.7 Å². The molecule has 0 saturated heterocycles. The van der Waals surface area contributed by atoms with Crippen molar-refractivity contribution in [3.05, 3.63) is 24.3 Å². The lowest BCUT2D eigenvalue weighted by atomic mass is 10.1. The van der Waals surface area contributed by atoms with Gasteiger partial charge in [-0.2, -0.15) is 0 Å². The van der Waals surface area contributed by atoms with Gasteiger partial charge in [-0.25, -0.2) is 0 Å². The molecule has 0 amide bonds. The maximum absolute atomic E-state index is 5.80. The zero-order valence-electron chi connectivity index (χ0n) is 14.8. The first kappa shape index (κ1) is 18.1. The second kappa shape index (κ2) is 10.5. The molecule has 1 aromatic carbocycles. The van der Waals surface area contributed by atoms with Crippen LogP contribution in [0.2, 0.25) is 0 Å². The van der Waals surface area contributed by atoms with Gasteiger partial charge in [0.1, 0.15) is 0 Å². The van der Waals surface area contributed by atoms with Crippen molar-refractivity contribution in [1.29, 1.82) is 0 Å². The number of ether oxygens (including phenoxy) is 3. The summed E-state index contributed by atoms with van der Waals surface area (Å²) in [5.41, 5.74) is 0. The van der Waals surface area contributed by atoms with Gasteiger partial charge in [0.15, 0.2) is 11.5 Å². The van der Waals surface area contributed by atoms with Crippen LogP contribution in [0.5, 0.6) is 11.5 Å². The van der Waals surface area contributed by atoms with Crippen molar-refractivity contribution in [3.8, 4) is 11.5 Å². The average molecular weight is 320 g/mol. The van der Waals surface area contributed by atoms with E-state index in [0.717, 1.165) is 36.5 Å². The van der Waals surface area contributed by atoms with E-state index in [-0.39, 0.29) is 0 Å². The largest absolute Gasteiger partial charge is 0.493 e. The lowest BCUT2D eigenvalue weighted by Gasteiger charge is -2.13. The highest BCUT2D eigenvalue weighted by atomic mass is 16.5. The van der Waals surface area contributed by atoms with Crippen molar-refractivity contribution in [1.82, 2.24) is 0 Å². The molecule has 0 unspecified atom stereocenters. The van der Waals surface area contributed by atoms with Crippen LogP contribution in [-0.2, 0) is 4.74 Å². The molecule has 0 bridgehead atoms. The standard InChI is InChI=1S/C12H22O.C8H10O2/c1-2-6-11(5-1)9-13-10-12-7-3-4-8-12;1-9-7-5-3-4-6-8(7)10-2/h11-12H,1-10H2;3-6H,1-2H3. The molecule has 0 aliphatic heterocycles. The lowest BCUT2D eigenvalue weighted by Crippen LogP contribution is -2.11. The number of para-hydroxylation sites is 2. The van der Waals surface area contributed by atoms with Crippen LogP contribution in [-0.4, -0.2) is 27.4 Å². The van der Waals surface area contributed by atoms with Gasteiger partial charge in [0, 0.05) is 13.2 Å². The normalized spacial score (nSPS) is 18.5. The van der Waals surface area contributed by atoms with Crippen molar-refractivity contribution >= 4 is 0 Å². The highest BCUT2D eigenvalue weighted by molar-refractivity contribution is 5.39. The van der Waals surface area contributed by atoms with E-state index in [0.29, 0.717) is 0 Å². The number of methoxy groups -OCH3 is 2. The van der Waals surface area contributed by atoms with Crippen LogP contribution in [0.3, 0.4) is 0 Å². The Balaban J connectivity index is 0.000000174. The van der Waals surface area contributed by atoms with Gasteiger partial charge >= 0.3 is 0 Å². The molecule has 2 fully saturated rings. The van der Waals surface area contributed by atoms with Gasteiger partial charge in [-0.3, -0.25) is 0 Å². The Bertz CT molecular complexity index is 382. The first-order chi connectivity index (χ1) is 11.3. The van der Waals surface area contributed by atoms with Gasteiger partial charge in [-0.15, -0.1) is 0 Å². The Labute approximate surface area is 141 Å². The van der Waals surface area contributed by atoms with Crippen molar-refractivity contribution in [2.45, 2.75) is 51.4 Å². The number of hydrogen-bond donors (Lipinski definition) is 0. The van der Waals surface area contributed by atoms with E-state index in [1.807, 2.05) is 24.3 Å². The zero-order valence-corrected chi connectivity index (χ0v) is 14.8. The van der Waals surface area contributed by atoms with Crippen LogP contribution in [0, 0.1) is 11.8 Å². The van der Waals surface area contributed by atoms with E-state index in [1.165, 1.54) is 51.4 Å². The molecule has 1 aromatic rings. The molecule has 0 heterocycles. The summed E-state index contributed by atoms with van der Waals surface area (Å²) in [4.78, 5) is 0. The Morgan fingerprint density at radius 2 is 1.13 bits per heavy atom. The minimum Gasteiger partial charge on any atom is -0.493 e. The molecule has 130 valence electrons. The third kappa shape index (κ3) is 6.42. The minimum atomic E-state index is 0.769. The van der Waals surface area contributed by atoms with E-state index < -0.39 is 0 Å². The molecular weight excluding hydrogens is 288 g/mol. The van der Waals surface area contributed by atoms with Crippen molar-refractivity contribution in [2.24, 2.45) is 11.8 Å². The third-order valence-electron chi connectivity index (χ3n) is 4.95. The summed E-state index contributed by atoms with van der Waals surface area (Å²) in [6.07, 6.45) is 11.5. The predicted molar refractivity (Wildman–Crippen MR) is 94.3 cm³/mol. The summed E-state index contributed by atoms with van der Waals surface area (Å²) in [7, 11) is 3.25.